The molecule has 0 fully saturated rings. The number of unbranched alkanes of at least 4 members (excludes halogenated alkanes) is 1. The lowest BCUT2D eigenvalue weighted by Gasteiger charge is -2.32. The van der Waals surface area contributed by atoms with Crippen LogP contribution in [0.2, 0.25) is 0 Å². The standard InChI is InChI=1S/C18H32N2O/c1-6-8-13-20(15(3)7-2)14-18(19-4)16-9-11-17(21-5)12-10-16/h9-12,15,18-19H,6-8,13-14H2,1-5H3. The molecule has 3 heteroatoms. The Morgan fingerprint density at radius 1 is 1.19 bits per heavy atom. The first kappa shape index (κ1) is 18.0. The SMILES string of the molecule is CCCCN(CC(NC)c1ccc(OC)cc1)C(C)CC. The number of hydrogen-bond donors (Lipinski definition) is 1. The van der Waals surface area contributed by atoms with Crippen LogP contribution in [0.1, 0.15) is 51.6 Å². The van der Waals surface area contributed by atoms with Crippen molar-refractivity contribution in [3.8, 4) is 5.75 Å². The Morgan fingerprint density at radius 2 is 1.86 bits per heavy atom. The molecule has 0 bridgehead atoms. The lowest BCUT2D eigenvalue weighted by molar-refractivity contribution is 0.182. The number of likely N-dealkylation sites (N-methyl/N-ethyl adjacent to an activating group) is 1. The molecule has 0 heterocycles. The summed E-state index contributed by atoms with van der Waals surface area (Å²) in [5, 5.41) is 3.46. The van der Waals surface area contributed by atoms with Gasteiger partial charge in [0.15, 0.2) is 0 Å². The van der Waals surface area contributed by atoms with E-state index >= 15 is 0 Å². The highest BCUT2D eigenvalue weighted by molar-refractivity contribution is 5.29. The predicted octanol–water partition coefficient (Wildman–Crippen LogP) is 3.86. The van der Waals surface area contributed by atoms with Gasteiger partial charge in [0.25, 0.3) is 0 Å². The Balaban J connectivity index is 2.75. The summed E-state index contributed by atoms with van der Waals surface area (Å²) in [4.78, 5) is 2.61. The van der Waals surface area contributed by atoms with Gasteiger partial charge in [-0.2, -0.15) is 0 Å². The molecule has 1 N–H and O–H groups in total. The minimum absolute atomic E-state index is 0.363. The molecular formula is C18H32N2O. The van der Waals surface area contributed by atoms with Crippen LogP contribution >= 0.6 is 0 Å². The minimum Gasteiger partial charge on any atom is -0.497 e. The van der Waals surface area contributed by atoms with Gasteiger partial charge < -0.3 is 10.1 Å². The molecule has 120 valence electrons. The van der Waals surface area contributed by atoms with Crippen molar-refractivity contribution in [3.05, 3.63) is 29.8 Å². The van der Waals surface area contributed by atoms with Crippen molar-refractivity contribution >= 4 is 0 Å². The fraction of sp³-hybridized carbons (Fsp3) is 0.667. The smallest absolute Gasteiger partial charge is 0.118 e. The second kappa shape index (κ2) is 9.80. The largest absolute Gasteiger partial charge is 0.497 e. The van der Waals surface area contributed by atoms with E-state index in [0.29, 0.717) is 12.1 Å². The van der Waals surface area contributed by atoms with Crippen molar-refractivity contribution in [3.63, 3.8) is 0 Å². The van der Waals surface area contributed by atoms with Gasteiger partial charge in [-0.15, -0.1) is 0 Å². The molecule has 0 aromatic heterocycles. The Labute approximate surface area is 130 Å². The number of nitrogens with zero attached hydrogens (tertiary/aromatic N) is 1. The fourth-order valence-electron chi connectivity index (χ4n) is 2.55. The Morgan fingerprint density at radius 3 is 2.33 bits per heavy atom. The third-order valence-corrected chi connectivity index (χ3v) is 4.30. The molecule has 21 heavy (non-hydrogen) atoms. The lowest BCUT2D eigenvalue weighted by atomic mass is 10.0. The van der Waals surface area contributed by atoms with E-state index in [1.165, 1.54) is 31.4 Å². The van der Waals surface area contributed by atoms with E-state index in [-0.39, 0.29) is 0 Å². The van der Waals surface area contributed by atoms with Crippen LogP contribution in [0.25, 0.3) is 0 Å². The maximum absolute atomic E-state index is 5.24. The molecule has 2 unspecified atom stereocenters. The van der Waals surface area contributed by atoms with E-state index < -0.39 is 0 Å². The number of nitrogens with one attached hydrogen (secondary N) is 1. The number of ether oxygens (including phenoxy) is 1. The summed E-state index contributed by atoms with van der Waals surface area (Å²) < 4.78 is 5.24. The van der Waals surface area contributed by atoms with Crippen LogP contribution in [-0.2, 0) is 0 Å². The van der Waals surface area contributed by atoms with Crippen molar-refractivity contribution in [2.45, 2.75) is 52.1 Å². The molecule has 1 aromatic carbocycles. The summed E-state index contributed by atoms with van der Waals surface area (Å²) in [5.41, 5.74) is 1.32. The van der Waals surface area contributed by atoms with Crippen LogP contribution in [0.15, 0.2) is 24.3 Å². The van der Waals surface area contributed by atoms with Gasteiger partial charge in [-0.25, -0.2) is 0 Å². The van der Waals surface area contributed by atoms with E-state index in [9.17, 15) is 0 Å². The van der Waals surface area contributed by atoms with Crippen molar-refractivity contribution in [2.75, 3.05) is 27.2 Å². The third kappa shape index (κ3) is 5.68. The maximum atomic E-state index is 5.24. The van der Waals surface area contributed by atoms with E-state index in [1.54, 1.807) is 7.11 Å². The maximum Gasteiger partial charge on any atom is 0.118 e. The van der Waals surface area contributed by atoms with Crippen LogP contribution in [0, 0.1) is 0 Å². The van der Waals surface area contributed by atoms with Gasteiger partial charge >= 0.3 is 0 Å². The fourth-order valence-corrected chi connectivity index (χ4v) is 2.55. The quantitative estimate of drug-likeness (QED) is 0.709. The van der Waals surface area contributed by atoms with E-state index in [2.05, 4.69) is 43.1 Å². The van der Waals surface area contributed by atoms with E-state index in [4.69, 9.17) is 4.74 Å². The van der Waals surface area contributed by atoms with Gasteiger partial charge in [0.1, 0.15) is 5.75 Å². The summed E-state index contributed by atoms with van der Waals surface area (Å²) >= 11 is 0. The van der Waals surface area contributed by atoms with E-state index in [0.717, 1.165) is 12.3 Å². The molecule has 0 aliphatic carbocycles. The van der Waals surface area contributed by atoms with Gasteiger partial charge in [-0.1, -0.05) is 32.4 Å². The first-order valence-electron chi connectivity index (χ1n) is 8.21. The second-order valence-electron chi connectivity index (χ2n) is 5.72. The van der Waals surface area contributed by atoms with Gasteiger partial charge in [-0.3, -0.25) is 4.90 Å². The summed E-state index contributed by atoms with van der Waals surface area (Å²) in [6.45, 7) is 9.09. The number of rotatable bonds is 10. The van der Waals surface area contributed by atoms with Gasteiger partial charge in [0, 0.05) is 18.6 Å². The highest BCUT2D eigenvalue weighted by Gasteiger charge is 2.18. The Bertz CT molecular complexity index is 377. The van der Waals surface area contributed by atoms with E-state index in [1.807, 2.05) is 19.2 Å². The summed E-state index contributed by atoms with van der Waals surface area (Å²) in [6.07, 6.45) is 3.71. The van der Waals surface area contributed by atoms with Crippen molar-refractivity contribution < 1.29 is 4.74 Å². The first-order chi connectivity index (χ1) is 10.2. The number of methoxy groups -OCH3 is 1. The second-order valence-corrected chi connectivity index (χ2v) is 5.72. The van der Waals surface area contributed by atoms with Gasteiger partial charge in [0.2, 0.25) is 0 Å². The zero-order valence-electron chi connectivity index (χ0n) is 14.4. The number of benzene rings is 1. The number of hydrogen-bond acceptors (Lipinski definition) is 3. The van der Waals surface area contributed by atoms with Gasteiger partial charge in [0.05, 0.1) is 7.11 Å². The molecule has 3 nitrogen and oxygen atoms in total. The summed E-state index contributed by atoms with van der Waals surface area (Å²) in [6, 6.07) is 9.40. The average molecular weight is 292 g/mol. The zero-order valence-corrected chi connectivity index (χ0v) is 14.4. The molecule has 0 aliphatic rings. The molecule has 0 spiro atoms. The van der Waals surface area contributed by atoms with Crippen LogP contribution < -0.4 is 10.1 Å². The van der Waals surface area contributed by atoms with Crippen LogP contribution in [-0.4, -0.2) is 38.2 Å². The predicted molar refractivity (Wildman–Crippen MR) is 91.0 cm³/mol. The Kier molecular flexibility index (Phi) is 8.40. The van der Waals surface area contributed by atoms with Crippen LogP contribution in [0.3, 0.4) is 0 Å². The molecule has 0 amide bonds. The van der Waals surface area contributed by atoms with Gasteiger partial charge in [-0.05, 0) is 51.1 Å². The van der Waals surface area contributed by atoms with Crippen molar-refractivity contribution in [1.82, 2.24) is 10.2 Å². The molecule has 1 rings (SSSR count). The minimum atomic E-state index is 0.363. The summed E-state index contributed by atoms with van der Waals surface area (Å²) in [5.74, 6) is 0.915. The molecule has 0 saturated carbocycles. The molecule has 0 radical (unpaired) electrons. The molecule has 2 atom stereocenters. The molecule has 0 saturated heterocycles. The first-order valence-corrected chi connectivity index (χ1v) is 8.21. The summed E-state index contributed by atoms with van der Waals surface area (Å²) in [7, 11) is 3.75. The average Bonchev–Trinajstić information content (AvgIpc) is 2.54. The van der Waals surface area contributed by atoms with Crippen molar-refractivity contribution in [1.29, 1.82) is 0 Å². The molecule has 0 aliphatic heterocycles. The topological polar surface area (TPSA) is 24.5 Å². The monoisotopic (exact) mass is 292 g/mol. The Hall–Kier alpha value is -1.06. The third-order valence-electron chi connectivity index (χ3n) is 4.30. The lowest BCUT2D eigenvalue weighted by Crippen LogP contribution is -2.39. The molecule has 1 aromatic rings. The molecular weight excluding hydrogens is 260 g/mol. The highest BCUT2D eigenvalue weighted by atomic mass is 16.5. The van der Waals surface area contributed by atoms with Crippen LogP contribution in [0.4, 0.5) is 0 Å². The van der Waals surface area contributed by atoms with Crippen LogP contribution in [0.5, 0.6) is 5.75 Å². The normalized spacial score (nSPS) is 14.2. The van der Waals surface area contributed by atoms with Crippen molar-refractivity contribution in [2.24, 2.45) is 0 Å². The zero-order chi connectivity index (χ0) is 15.7. The highest BCUT2D eigenvalue weighted by Crippen LogP contribution is 2.20.